The zero-order valence-electron chi connectivity index (χ0n) is 14.1. The Morgan fingerprint density at radius 1 is 1.16 bits per heavy atom. The van der Waals surface area contributed by atoms with Gasteiger partial charge >= 0.3 is 0 Å². The Balaban J connectivity index is 1.61. The van der Waals surface area contributed by atoms with Crippen molar-refractivity contribution < 1.29 is 9.59 Å². The average molecular weight is 350 g/mol. The van der Waals surface area contributed by atoms with Gasteiger partial charge in [0.1, 0.15) is 0 Å². The smallest absolute Gasteiger partial charge is 0.266 e. The van der Waals surface area contributed by atoms with Crippen LogP contribution in [-0.4, -0.2) is 18.4 Å². The molecule has 0 radical (unpaired) electrons. The molecule has 0 spiro atoms. The summed E-state index contributed by atoms with van der Waals surface area (Å²) in [6.07, 6.45) is 0.820. The average Bonchev–Trinajstić information content (AvgIpc) is 3.16. The molecule has 2 heterocycles. The molecule has 2 aromatic carbocycles. The van der Waals surface area contributed by atoms with E-state index in [1.54, 1.807) is 11.8 Å². The van der Waals surface area contributed by atoms with E-state index in [2.05, 4.69) is 5.32 Å². The molecule has 0 fully saturated rings. The number of rotatable bonds is 2. The highest BCUT2D eigenvalue weighted by atomic mass is 32.1. The van der Waals surface area contributed by atoms with Crippen LogP contribution in [0.5, 0.6) is 0 Å². The number of thiophene rings is 1. The van der Waals surface area contributed by atoms with E-state index in [4.69, 9.17) is 0 Å². The highest BCUT2D eigenvalue weighted by Crippen LogP contribution is 2.33. The lowest BCUT2D eigenvalue weighted by Crippen LogP contribution is -2.25. The Labute approximate surface area is 150 Å². The van der Waals surface area contributed by atoms with Gasteiger partial charge in [-0.3, -0.25) is 9.59 Å². The summed E-state index contributed by atoms with van der Waals surface area (Å²) in [6.45, 7) is 4.27. The summed E-state index contributed by atoms with van der Waals surface area (Å²) < 4.78 is 1.12. The van der Waals surface area contributed by atoms with Gasteiger partial charge in [-0.2, -0.15) is 0 Å². The standard InChI is InChI=1S/C20H18N2O2S/c1-12-16-5-3-4-6-18(16)25-19(12)20(24)21-15-7-8-17-14(11-15)9-10-22(17)13(2)23/h3-8,11H,9-10H2,1-2H3,(H,21,24). The van der Waals surface area contributed by atoms with Crippen LogP contribution in [-0.2, 0) is 11.2 Å². The molecule has 0 unspecified atom stereocenters. The van der Waals surface area contributed by atoms with Crippen molar-refractivity contribution in [1.29, 1.82) is 0 Å². The number of hydrogen-bond acceptors (Lipinski definition) is 3. The Morgan fingerprint density at radius 2 is 1.96 bits per heavy atom. The van der Waals surface area contributed by atoms with Crippen LogP contribution in [0.4, 0.5) is 11.4 Å². The summed E-state index contributed by atoms with van der Waals surface area (Å²) in [7, 11) is 0. The number of carbonyl (C=O) groups is 2. The molecule has 0 aliphatic carbocycles. The first kappa shape index (κ1) is 15.8. The van der Waals surface area contributed by atoms with Gasteiger partial charge in [-0.1, -0.05) is 18.2 Å². The Morgan fingerprint density at radius 3 is 2.72 bits per heavy atom. The summed E-state index contributed by atoms with van der Waals surface area (Å²) in [5.74, 6) is -0.0310. The maximum absolute atomic E-state index is 12.7. The number of nitrogens with zero attached hydrogens (tertiary/aromatic N) is 1. The second-order valence-electron chi connectivity index (χ2n) is 6.27. The van der Waals surface area contributed by atoms with Crippen molar-refractivity contribution in [3.63, 3.8) is 0 Å². The molecule has 0 atom stereocenters. The number of anilines is 2. The highest BCUT2D eigenvalue weighted by Gasteiger charge is 2.23. The molecular formula is C20H18N2O2S. The normalized spacial score (nSPS) is 13.1. The van der Waals surface area contributed by atoms with E-state index in [9.17, 15) is 9.59 Å². The fourth-order valence-corrected chi connectivity index (χ4v) is 4.49. The van der Waals surface area contributed by atoms with Crippen LogP contribution in [0.3, 0.4) is 0 Å². The lowest BCUT2D eigenvalue weighted by Gasteiger charge is -2.15. The molecule has 1 N–H and O–H groups in total. The number of carbonyl (C=O) groups excluding carboxylic acids is 2. The molecular weight excluding hydrogens is 332 g/mol. The number of hydrogen-bond donors (Lipinski definition) is 1. The number of aryl methyl sites for hydroxylation is 1. The molecule has 3 aromatic rings. The molecule has 25 heavy (non-hydrogen) atoms. The van der Waals surface area contributed by atoms with Gasteiger partial charge in [0.2, 0.25) is 5.91 Å². The Hall–Kier alpha value is -2.66. The Kier molecular flexibility index (Phi) is 3.81. The van der Waals surface area contributed by atoms with Gasteiger partial charge in [0.15, 0.2) is 0 Å². The van der Waals surface area contributed by atoms with E-state index in [0.717, 1.165) is 43.9 Å². The molecule has 2 amide bonds. The van der Waals surface area contributed by atoms with Crippen LogP contribution in [0.2, 0.25) is 0 Å². The molecule has 1 aromatic heterocycles. The maximum atomic E-state index is 12.7. The molecule has 4 rings (SSSR count). The number of fused-ring (bicyclic) bond motifs is 2. The third-order valence-electron chi connectivity index (χ3n) is 4.66. The van der Waals surface area contributed by atoms with E-state index in [1.807, 2.05) is 49.4 Å². The van der Waals surface area contributed by atoms with Crippen molar-refractivity contribution in [2.24, 2.45) is 0 Å². The fraction of sp³-hybridized carbons (Fsp3) is 0.200. The molecule has 5 heteroatoms. The van der Waals surface area contributed by atoms with Crippen LogP contribution < -0.4 is 10.2 Å². The molecule has 0 saturated heterocycles. The van der Waals surface area contributed by atoms with Crippen molar-refractivity contribution in [3.05, 3.63) is 58.5 Å². The predicted molar refractivity (Wildman–Crippen MR) is 103 cm³/mol. The van der Waals surface area contributed by atoms with Crippen LogP contribution in [0.15, 0.2) is 42.5 Å². The number of amides is 2. The van der Waals surface area contributed by atoms with Crippen molar-refractivity contribution in [3.8, 4) is 0 Å². The summed E-state index contributed by atoms with van der Waals surface area (Å²) in [5.41, 5.74) is 3.83. The van der Waals surface area contributed by atoms with Gasteiger partial charge in [0.25, 0.3) is 5.91 Å². The lowest BCUT2D eigenvalue weighted by molar-refractivity contribution is -0.116. The zero-order chi connectivity index (χ0) is 17.6. The number of nitrogens with one attached hydrogen (secondary N) is 1. The van der Waals surface area contributed by atoms with Crippen LogP contribution in [0.1, 0.15) is 27.7 Å². The highest BCUT2D eigenvalue weighted by molar-refractivity contribution is 7.21. The third kappa shape index (κ3) is 2.70. The Bertz CT molecular complexity index is 1010. The van der Waals surface area contributed by atoms with E-state index < -0.39 is 0 Å². The molecule has 1 aliphatic rings. The summed E-state index contributed by atoms with van der Waals surface area (Å²) in [5, 5.41) is 4.13. The minimum Gasteiger partial charge on any atom is -0.321 e. The molecule has 0 saturated carbocycles. The predicted octanol–water partition coefficient (Wildman–Crippen LogP) is 4.37. The topological polar surface area (TPSA) is 49.4 Å². The third-order valence-corrected chi connectivity index (χ3v) is 5.93. The van der Waals surface area contributed by atoms with E-state index in [1.165, 1.54) is 11.3 Å². The minimum atomic E-state index is -0.0833. The van der Waals surface area contributed by atoms with E-state index in [-0.39, 0.29) is 11.8 Å². The van der Waals surface area contributed by atoms with Crippen molar-refractivity contribution in [1.82, 2.24) is 0 Å². The second-order valence-corrected chi connectivity index (χ2v) is 7.32. The van der Waals surface area contributed by atoms with Gasteiger partial charge in [-0.25, -0.2) is 0 Å². The summed E-state index contributed by atoms with van der Waals surface area (Å²) in [6, 6.07) is 13.8. The minimum absolute atomic E-state index is 0.0523. The number of benzene rings is 2. The quantitative estimate of drug-likeness (QED) is 0.746. The van der Waals surface area contributed by atoms with Crippen LogP contribution in [0, 0.1) is 6.92 Å². The monoisotopic (exact) mass is 350 g/mol. The first-order chi connectivity index (χ1) is 12.0. The first-order valence-corrected chi connectivity index (χ1v) is 9.07. The van der Waals surface area contributed by atoms with Crippen LogP contribution in [0.25, 0.3) is 10.1 Å². The van der Waals surface area contributed by atoms with Crippen molar-refractivity contribution in [2.45, 2.75) is 20.3 Å². The molecule has 4 nitrogen and oxygen atoms in total. The van der Waals surface area contributed by atoms with Crippen molar-refractivity contribution in [2.75, 3.05) is 16.8 Å². The molecule has 126 valence electrons. The SMILES string of the molecule is CC(=O)N1CCc2cc(NC(=O)c3sc4ccccc4c3C)ccc21. The second kappa shape index (κ2) is 6.01. The maximum Gasteiger partial charge on any atom is 0.266 e. The van der Waals surface area contributed by atoms with Gasteiger partial charge in [-0.15, -0.1) is 11.3 Å². The zero-order valence-corrected chi connectivity index (χ0v) is 14.9. The van der Waals surface area contributed by atoms with Crippen molar-refractivity contribution >= 4 is 44.6 Å². The van der Waals surface area contributed by atoms with E-state index >= 15 is 0 Å². The molecule has 0 bridgehead atoms. The first-order valence-electron chi connectivity index (χ1n) is 8.25. The lowest BCUT2D eigenvalue weighted by atomic mass is 10.1. The van der Waals surface area contributed by atoms with Gasteiger partial charge in [0.05, 0.1) is 4.88 Å². The summed E-state index contributed by atoms with van der Waals surface area (Å²) in [4.78, 5) is 26.9. The van der Waals surface area contributed by atoms with Gasteiger partial charge in [0, 0.05) is 29.5 Å². The van der Waals surface area contributed by atoms with Gasteiger partial charge in [-0.05, 0) is 54.1 Å². The van der Waals surface area contributed by atoms with Gasteiger partial charge < -0.3 is 10.2 Å². The largest absolute Gasteiger partial charge is 0.321 e. The fourth-order valence-electron chi connectivity index (χ4n) is 3.39. The molecule has 1 aliphatic heterocycles. The van der Waals surface area contributed by atoms with Crippen LogP contribution >= 0.6 is 11.3 Å². The summed E-state index contributed by atoms with van der Waals surface area (Å²) >= 11 is 1.52. The van der Waals surface area contributed by atoms with E-state index in [0.29, 0.717) is 6.54 Å².